The molecule has 0 atom stereocenters. The number of rotatable bonds is 9. The quantitative estimate of drug-likeness (QED) is 0.554. The Morgan fingerprint density at radius 3 is 2.24 bits per heavy atom. The Hall–Kier alpha value is -2.82. The van der Waals surface area contributed by atoms with Crippen LogP contribution in [0.1, 0.15) is 36.0 Å². The number of hydrogen-bond acceptors (Lipinski definition) is 4. The standard InChI is InChI=1S/C20H23NO4/c1-24-19(22)10-6-3-7-15-21-20(23)16-11-13-18(14-12-16)25-17-8-4-2-5-9-17/h2,4-5,8-9,11-14H,3,6-7,10,15H2,1H3,(H,21,23). The van der Waals surface area contributed by atoms with Gasteiger partial charge in [0.2, 0.25) is 0 Å². The van der Waals surface area contributed by atoms with Gasteiger partial charge < -0.3 is 14.8 Å². The van der Waals surface area contributed by atoms with Gasteiger partial charge in [-0.1, -0.05) is 24.6 Å². The molecule has 132 valence electrons. The van der Waals surface area contributed by atoms with Crippen LogP contribution in [0.2, 0.25) is 0 Å². The van der Waals surface area contributed by atoms with Crippen LogP contribution in [-0.4, -0.2) is 25.5 Å². The van der Waals surface area contributed by atoms with Crippen molar-refractivity contribution in [2.24, 2.45) is 0 Å². The van der Waals surface area contributed by atoms with Crippen molar-refractivity contribution in [2.45, 2.75) is 25.7 Å². The third-order valence-electron chi connectivity index (χ3n) is 3.67. The van der Waals surface area contributed by atoms with Gasteiger partial charge >= 0.3 is 5.97 Å². The lowest BCUT2D eigenvalue weighted by Crippen LogP contribution is -2.24. The van der Waals surface area contributed by atoms with Gasteiger partial charge in [-0.2, -0.15) is 0 Å². The van der Waals surface area contributed by atoms with Crippen molar-refractivity contribution in [1.82, 2.24) is 5.32 Å². The van der Waals surface area contributed by atoms with Crippen LogP contribution in [-0.2, 0) is 9.53 Å². The molecule has 0 heterocycles. The van der Waals surface area contributed by atoms with Crippen LogP contribution >= 0.6 is 0 Å². The van der Waals surface area contributed by atoms with Crippen molar-refractivity contribution < 1.29 is 19.1 Å². The first kappa shape index (κ1) is 18.5. The minimum atomic E-state index is -0.193. The van der Waals surface area contributed by atoms with Gasteiger partial charge in [0.25, 0.3) is 5.91 Å². The van der Waals surface area contributed by atoms with E-state index in [1.807, 2.05) is 30.3 Å². The average Bonchev–Trinajstić information content (AvgIpc) is 2.65. The molecule has 2 aromatic rings. The molecule has 2 aromatic carbocycles. The van der Waals surface area contributed by atoms with Gasteiger partial charge in [0.15, 0.2) is 0 Å². The maximum atomic E-state index is 12.1. The Labute approximate surface area is 148 Å². The van der Waals surface area contributed by atoms with E-state index in [0.29, 0.717) is 24.3 Å². The molecule has 0 spiro atoms. The van der Waals surface area contributed by atoms with Crippen LogP contribution in [0.15, 0.2) is 54.6 Å². The highest BCUT2D eigenvalue weighted by atomic mass is 16.5. The predicted octanol–water partition coefficient (Wildman–Crippen LogP) is 3.94. The topological polar surface area (TPSA) is 64.6 Å². The summed E-state index contributed by atoms with van der Waals surface area (Å²) in [6, 6.07) is 16.5. The molecule has 5 nitrogen and oxygen atoms in total. The third kappa shape index (κ3) is 6.67. The molecule has 0 saturated carbocycles. The number of methoxy groups -OCH3 is 1. The highest BCUT2D eigenvalue weighted by Gasteiger charge is 2.06. The number of unbranched alkanes of at least 4 members (excludes halogenated alkanes) is 2. The first-order valence-electron chi connectivity index (χ1n) is 8.37. The molecule has 0 saturated heterocycles. The Morgan fingerprint density at radius 2 is 1.56 bits per heavy atom. The second-order valence-corrected chi connectivity index (χ2v) is 5.58. The van der Waals surface area contributed by atoms with E-state index in [0.717, 1.165) is 25.0 Å². The van der Waals surface area contributed by atoms with E-state index in [-0.39, 0.29) is 11.9 Å². The average molecular weight is 341 g/mol. The number of carbonyl (C=O) groups excluding carboxylic acids is 2. The molecule has 25 heavy (non-hydrogen) atoms. The Bertz CT molecular complexity index is 668. The molecule has 2 rings (SSSR count). The van der Waals surface area contributed by atoms with Crippen LogP contribution < -0.4 is 10.1 Å². The number of esters is 1. The van der Waals surface area contributed by atoms with Gasteiger partial charge in [0, 0.05) is 18.5 Å². The first-order valence-corrected chi connectivity index (χ1v) is 8.37. The van der Waals surface area contributed by atoms with Gasteiger partial charge in [-0.25, -0.2) is 0 Å². The summed E-state index contributed by atoms with van der Waals surface area (Å²) in [5, 5.41) is 2.87. The smallest absolute Gasteiger partial charge is 0.305 e. The second kappa shape index (κ2) is 10.1. The van der Waals surface area contributed by atoms with Crippen LogP contribution in [0, 0.1) is 0 Å². The largest absolute Gasteiger partial charge is 0.469 e. The molecule has 0 aliphatic rings. The van der Waals surface area contributed by atoms with Gasteiger partial charge in [0.05, 0.1) is 7.11 Å². The summed E-state index contributed by atoms with van der Waals surface area (Å²) < 4.78 is 10.3. The number of hydrogen-bond donors (Lipinski definition) is 1. The van der Waals surface area contributed by atoms with Crippen LogP contribution in [0.25, 0.3) is 0 Å². The lowest BCUT2D eigenvalue weighted by molar-refractivity contribution is -0.140. The zero-order chi connectivity index (χ0) is 17.9. The minimum absolute atomic E-state index is 0.112. The molecule has 1 amide bonds. The van der Waals surface area contributed by atoms with Crippen LogP contribution in [0.4, 0.5) is 0 Å². The molecule has 0 bridgehead atoms. The van der Waals surface area contributed by atoms with Gasteiger partial charge in [0.1, 0.15) is 11.5 Å². The molecule has 0 aromatic heterocycles. The number of amides is 1. The van der Waals surface area contributed by atoms with Gasteiger partial charge in [-0.3, -0.25) is 9.59 Å². The molecule has 1 N–H and O–H groups in total. The third-order valence-corrected chi connectivity index (χ3v) is 3.67. The summed E-state index contributed by atoms with van der Waals surface area (Å²) in [4.78, 5) is 23.1. The fourth-order valence-corrected chi connectivity index (χ4v) is 2.28. The molecular weight excluding hydrogens is 318 g/mol. The van der Waals surface area contributed by atoms with E-state index in [1.54, 1.807) is 24.3 Å². The highest BCUT2D eigenvalue weighted by Crippen LogP contribution is 2.21. The maximum Gasteiger partial charge on any atom is 0.305 e. The fraction of sp³-hybridized carbons (Fsp3) is 0.300. The van der Waals surface area contributed by atoms with E-state index in [1.165, 1.54) is 7.11 Å². The van der Waals surface area contributed by atoms with E-state index >= 15 is 0 Å². The number of carbonyl (C=O) groups is 2. The van der Waals surface area contributed by atoms with Crippen LogP contribution in [0.5, 0.6) is 11.5 Å². The van der Waals surface area contributed by atoms with Crippen molar-refractivity contribution >= 4 is 11.9 Å². The summed E-state index contributed by atoms with van der Waals surface area (Å²) in [5.41, 5.74) is 0.593. The molecule has 0 unspecified atom stereocenters. The summed E-state index contributed by atoms with van der Waals surface area (Å²) in [6.07, 6.45) is 2.90. The number of para-hydroxylation sites is 1. The Morgan fingerprint density at radius 1 is 0.880 bits per heavy atom. The molecule has 0 fully saturated rings. The van der Waals surface area contributed by atoms with Crippen molar-refractivity contribution in [2.75, 3.05) is 13.7 Å². The van der Waals surface area contributed by atoms with E-state index in [4.69, 9.17) is 4.74 Å². The lowest BCUT2D eigenvalue weighted by Gasteiger charge is -2.08. The maximum absolute atomic E-state index is 12.1. The summed E-state index contributed by atoms with van der Waals surface area (Å²) in [7, 11) is 1.39. The second-order valence-electron chi connectivity index (χ2n) is 5.58. The van der Waals surface area contributed by atoms with E-state index < -0.39 is 0 Å². The first-order chi connectivity index (χ1) is 12.2. The molecule has 0 aliphatic carbocycles. The zero-order valence-electron chi connectivity index (χ0n) is 14.4. The molecule has 5 heteroatoms. The van der Waals surface area contributed by atoms with Crippen LogP contribution in [0.3, 0.4) is 0 Å². The van der Waals surface area contributed by atoms with Crippen molar-refractivity contribution in [3.05, 3.63) is 60.2 Å². The monoisotopic (exact) mass is 341 g/mol. The minimum Gasteiger partial charge on any atom is -0.469 e. The Kier molecular flexibility index (Phi) is 7.50. The lowest BCUT2D eigenvalue weighted by atomic mass is 10.2. The number of nitrogens with one attached hydrogen (secondary N) is 1. The summed E-state index contributed by atoms with van der Waals surface area (Å²) >= 11 is 0. The highest BCUT2D eigenvalue weighted by molar-refractivity contribution is 5.94. The van der Waals surface area contributed by atoms with Gasteiger partial charge in [-0.05, 0) is 49.2 Å². The predicted molar refractivity (Wildman–Crippen MR) is 95.8 cm³/mol. The SMILES string of the molecule is COC(=O)CCCCCNC(=O)c1ccc(Oc2ccccc2)cc1. The number of ether oxygens (including phenoxy) is 2. The molecule has 0 aliphatic heterocycles. The van der Waals surface area contributed by atoms with Crippen molar-refractivity contribution in [1.29, 1.82) is 0 Å². The number of benzene rings is 2. The summed E-state index contributed by atoms with van der Waals surface area (Å²) in [6.45, 7) is 0.586. The van der Waals surface area contributed by atoms with Crippen molar-refractivity contribution in [3.8, 4) is 11.5 Å². The zero-order valence-corrected chi connectivity index (χ0v) is 14.4. The fourth-order valence-electron chi connectivity index (χ4n) is 2.28. The molecular formula is C20H23NO4. The summed E-state index contributed by atoms with van der Waals surface area (Å²) in [5.74, 6) is 1.14. The Balaban J connectivity index is 1.70. The van der Waals surface area contributed by atoms with E-state index in [9.17, 15) is 9.59 Å². The normalized spacial score (nSPS) is 10.1. The van der Waals surface area contributed by atoms with Gasteiger partial charge in [-0.15, -0.1) is 0 Å². The van der Waals surface area contributed by atoms with E-state index in [2.05, 4.69) is 10.1 Å². The molecule has 0 radical (unpaired) electrons. The van der Waals surface area contributed by atoms with Crippen molar-refractivity contribution in [3.63, 3.8) is 0 Å².